The first-order valence-electron chi connectivity index (χ1n) is 23.6. The normalized spacial score (nSPS) is 37.1. The number of hydrogen-bond acceptors (Lipinski definition) is 7. The largest absolute Gasteiger partial charge is 0.393 e. The van der Waals surface area contributed by atoms with E-state index in [0.29, 0.717) is 31.3 Å². The fourth-order valence-corrected chi connectivity index (χ4v) is 13.4. The van der Waals surface area contributed by atoms with Crippen molar-refractivity contribution in [2.45, 2.75) is 160 Å². The minimum atomic E-state index is -0.463. The number of aliphatic hydroxyl groups excluding tert-OH is 1. The van der Waals surface area contributed by atoms with Crippen LogP contribution < -0.4 is 5.32 Å². The number of allylic oxidation sites excluding steroid dienone is 2. The van der Waals surface area contributed by atoms with Gasteiger partial charge in [-0.3, -0.25) is 24.6 Å². The van der Waals surface area contributed by atoms with E-state index in [1.54, 1.807) is 0 Å². The molecule has 2 N–H and O–H groups in total. The second kappa shape index (κ2) is 18.4. The summed E-state index contributed by atoms with van der Waals surface area (Å²) in [5, 5.41) is 12.8. The predicted molar refractivity (Wildman–Crippen MR) is 217 cm³/mol. The lowest BCUT2D eigenvalue weighted by Gasteiger charge is -2.46. The molecule has 4 aliphatic carbocycles. The Morgan fingerprint density at radius 2 is 1.44 bits per heavy atom. The third-order valence-corrected chi connectivity index (χ3v) is 16.4. The van der Waals surface area contributed by atoms with Crippen LogP contribution in [0.2, 0.25) is 0 Å². The van der Waals surface area contributed by atoms with Crippen molar-refractivity contribution < 1.29 is 19.5 Å². The van der Waals surface area contributed by atoms with E-state index in [1.165, 1.54) is 116 Å². The molecule has 4 heterocycles. The summed E-state index contributed by atoms with van der Waals surface area (Å²) in [5.74, 6) is 4.20. The molecular weight excluding hydrogens is 687 g/mol. The number of carbonyl (C=O) groups excluding carboxylic acids is 3. The van der Waals surface area contributed by atoms with Crippen LogP contribution in [0.1, 0.15) is 142 Å². The molecule has 8 fully saturated rings. The second-order valence-corrected chi connectivity index (χ2v) is 19.8. The summed E-state index contributed by atoms with van der Waals surface area (Å²) in [7, 11) is 0. The van der Waals surface area contributed by atoms with Crippen molar-refractivity contribution in [3.8, 4) is 0 Å². The molecule has 3 amide bonds. The summed E-state index contributed by atoms with van der Waals surface area (Å²) >= 11 is 0. The molecule has 9 nitrogen and oxygen atoms in total. The molecule has 0 spiro atoms. The molecule has 9 heteroatoms. The Labute approximate surface area is 332 Å². The maximum absolute atomic E-state index is 13.3. The summed E-state index contributed by atoms with van der Waals surface area (Å²) in [4.78, 5) is 47.4. The third-order valence-electron chi connectivity index (χ3n) is 16.4. The summed E-state index contributed by atoms with van der Waals surface area (Å²) < 4.78 is 0. The molecular formula is C46H75N5O4. The first kappa shape index (κ1) is 40.0. The summed E-state index contributed by atoms with van der Waals surface area (Å²) in [6.45, 7) is 12.8. The van der Waals surface area contributed by atoms with Gasteiger partial charge in [0.05, 0.1) is 6.10 Å². The number of rotatable bonds is 12. The lowest BCUT2D eigenvalue weighted by molar-refractivity contribution is -0.144. The number of likely N-dealkylation sites (tertiary alicyclic amines) is 2. The van der Waals surface area contributed by atoms with E-state index >= 15 is 0 Å². The van der Waals surface area contributed by atoms with Crippen LogP contribution in [0.5, 0.6) is 0 Å². The lowest BCUT2D eigenvalue weighted by Crippen LogP contribution is -2.56. The number of amides is 3. The number of aliphatic hydroxyl groups is 1. The molecule has 0 aromatic rings. The molecule has 308 valence electrons. The van der Waals surface area contributed by atoms with Gasteiger partial charge in [0.1, 0.15) is 6.04 Å². The Kier molecular flexibility index (Phi) is 13.4. The SMILES string of the molecule is CC/C(=C(\C1CCC(O)CC1)C1CCC(CCCN2CC(CN3CCN(C4CCC5C(=O)N(C6CCC(=O)NC6=O)CC5C4)CC3)C2)CC1)C1CCCCC1. The molecule has 0 bridgehead atoms. The van der Waals surface area contributed by atoms with Crippen molar-refractivity contribution in [2.75, 3.05) is 58.9 Å². The van der Waals surface area contributed by atoms with E-state index in [4.69, 9.17) is 0 Å². The number of carbonyl (C=O) groups is 3. The van der Waals surface area contributed by atoms with Crippen LogP contribution in [0.15, 0.2) is 11.1 Å². The molecule has 4 saturated heterocycles. The fraction of sp³-hybridized carbons (Fsp3) is 0.891. The van der Waals surface area contributed by atoms with Crippen LogP contribution in [-0.4, -0.2) is 120 Å². The fourth-order valence-electron chi connectivity index (χ4n) is 13.4. The van der Waals surface area contributed by atoms with Gasteiger partial charge in [-0.15, -0.1) is 0 Å². The number of hydrogen-bond donors (Lipinski definition) is 2. The van der Waals surface area contributed by atoms with Crippen LogP contribution in [0.25, 0.3) is 0 Å². The quantitative estimate of drug-likeness (QED) is 0.176. The highest BCUT2D eigenvalue weighted by molar-refractivity contribution is 6.02. The minimum Gasteiger partial charge on any atom is -0.393 e. The Morgan fingerprint density at radius 1 is 0.727 bits per heavy atom. The van der Waals surface area contributed by atoms with Crippen molar-refractivity contribution in [3.63, 3.8) is 0 Å². The zero-order valence-corrected chi connectivity index (χ0v) is 34.4. The number of piperazine rings is 1. The number of fused-ring (bicyclic) bond motifs is 1. The maximum atomic E-state index is 13.3. The topological polar surface area (TPSA) is 96.4 Å². The molecule has 8 rings (SSSR count). The standard InChI is InChI=1S/C46H75N5O4/c1-2-40(34-8-4-3-5-9-34)44(36-14-17-39(52)18-15-36)35-12-10-32(11-13-35)7-6-22-49-29-33(30-49)28-48-23-25-50(26-24-48)38-16-19-41-37(27-38)31-51(46(41)55)42-20-21-43(53)47-45(42)54/h32-39,41-42,52H,2-31H2,1H3,(H,47,53,54)/b44-40+. The van der Waals surface area contributed by atoms with Crippen LogP contribution in [0, 0.1) is 41.4 Å². The van der Waals surface area contributed by atoms with Gasteiger partial charge < -0.3 is 19.8 Å². The molecule has 0 aromatic carbocycles. The average molecular weight is 762 g/mol. The van der Waals surface area contributed by atoms with Gasteiger partial charge >= 0.3 is 0 Å². The van der Waals surface area contributed by atoms with E-state index < -0.39 is 6.04 Å². The average Bonchev–Trinajstić information content (AvgIpc) is 3.52. The first-order valence-corrected chi connectivity index (χ1v) is 23.6. The van der Waals surface area contributed by atoms with Gasteiger partial charge in [-0.1, -0.05) is 37.3 Å². The number of nitrogens with one attached hydrogen (secondary N) is 1. The van der Waals surface area contributed by atoms with E-state index in [9.17, 15) is 19.5 Å². The highest BCUT2D eigenvalue weighted by atomic mass is 16.3. The highest BCUT2D eigenvalue weighted by Gasteiger charge is 2.49. The first-order chi connectivity index (χ1) is 26.8. The Hall–Kier alpha value is -1.81. The van der Waals surface area contributed by atoms with Crippen LogP contribution in [-0.2, 0) is 14.4 Å². The number of imide groups is 1. The van der Waals surface area contributed by atoms with Gasteiger partial charge in [0, 0.05) is 70.7 Å². The van der Waals surface area contributed by atoms with Gasteiger partial charge in [0.25, 0.3) is 0 Å². The number of piperidine rings is 1. The molecule has 8 aliphatic rings. The van der Waals surface area contributed by atoms with Crippen LogP contribution in [0.3, 0.4) is 0 Å². The van der Waals surface area contributed by atoms with E-state index in [0.717, 1.165) is 87.9 Å². The van der Waals surface area contributed by atoms with Crippen molar-refractivity contribution >= 4 is 17.7 Å². The van der Waals surface area contributed by atoms with Crippen molar-refractivity contribution in [3.05, 3.63) is 11.1 Å². The van der Waals surface area contributed by atoms with Crippen LogP contribution >= 0.6 is 0 Å². The molecule has 4 saturated carbocycles. The predicted octanol–water partition coefficient (Wildman–Crippen LogP) is 6.39. The van der Waals surface area contributed by atoms with Gasteiger partial charge in [-0.25, -0.2) is 0 Å². The lowest BCUT2D eigenvalue weighted by atomic mass is 9.66. The van der Waals surface area contributed by atoms with Gasteiger partial charge in [0.2, 0.25) is 17.7 Å². The summed E-state index contributed by atoms with van der Waals surface area (Å²) in [6.07, 6.45) is 25.2. The van der Waals surface area contributed by atoms with E-state index in [2.05, 4.69) is 26.9 Å². The third kappa shape index (κ3) is 9.41. The molecule has 55 heavy (non-hydrogen) atoms. The van der Waals surface area contributed by atoms with Gasteiger partial charge in [-0.2, -0.15) is 0 Å². The molecule has 0 aromatic heterocycles. The monoisotopic (exact) mass is 762 g/mol. The van der Waals surface area contributed by atoms with E-state index in [1.807, 2.05) is 16.0 Å². The maximum Gasteiger partial charge on any atom is 0.249 e. The smallest absolute Gasteiger partial charge is 0.249 e. The zero-order chi connectivity index (χ0) is 37.9. The second-order valence-electron chi connectivity index (χ2n) is 19.8. The minimum absolute atomic E-state index is 0.0571. The van der Waals surface area contributed by atoms with Crippen molar-refractivity contribution in [1.82, 2.24) is 24.9 Å². The zero-order valence-electron chi connectivity index (χ0n) is 34.4. The Morgan fingerprint density at radius 3 is 2.13 bits per heavy atom. The van der Waals surface area contributed by atoms with Crippen molar-refractivity contribution in [1.29, 1.82) is 0 Å². The molecule has 4 atom stereocenters. The van der Waals surface area contributed by atoms with Gasteiger partial charge in [0.15, 0.2) is 0 Å². The van der Waals surface area contributed by atoms with Crippen LogP contribution in [0.4, 0.5) is 0 Å². The Balaban J connectivity index is 0.714. The molecule has 0 radical (unpaired) electrons. The summed E-state index contributed by atoms with van der Waals surface area (Å²) in [5.41, 5.74) is 3.80. The number of nitrogens with zero attached hydrogens (tertiary/aromatic N) is 4. The Bertz CT molecular complexity index is 1350. The molecule has 4 unspecified atom stereocenters. The van der Waals surface area contributed by atoms with Gasteiger partial charge in [-0.05, 0) is 151 Å². The van der Waals surface area contributed by atoms with E-state index in [-0.39, 0.29) is 29.7 Å². The molecule has 4 aliphatic heterocycles. The van der Waals surface area contributed by atoms with Crippen molar-refractivity contribution in [2.24, 2.45) is 41.4 Å². The highest BCUT2D eigenvalue weighted by Crippen LogP contribution is 2.47. The summed E-state index contributed by atoms with van der Waals surface area (Å²) in [6, 6.07) is 0.0862.